The zero-order valence-corrected chi connectivity index (χ0v) is 22.6. The van der Waals surface area contributed by atoms with Crippen LogP contribution in [0.3, 0.4) is 0 Å². The van der Waals surface area contributed by atoms with Gasteiger partial charge in [-0.1, -0.05) is 12.1 Å². The number of methoxy groups -OCH3 is 1. The minimum Gasteiger partial charge on any atom is -0.497 e. The van der Waals surface area contributed by atoms with Crippen LogP contribution >= 0.6 is 0 Å². The van der Waals surface area contributed by atoms with Gasteiger partial charge >= 0.3 is 11.9 Å². The molecule has 0 aliphatic carbocycles. The van der Waals surface area contributed by atoms with Gasteiger partial charge in [-0.25, -0.2) is 13.2 Å². The van der Waals surface area contributed by atoms with E-state index in [0.717, 1.165) is 4.31 Å². The van der Waals surface area contributed by atoms with E-state index in [2.05, 4.69) is 0 Å². The molecule has 0 atom stereocenters. The lowest BCUT2D eigenvalue weighted by Crippen LogP contribution is -2.39. The van der Waals surface area contributed by atoms with Crippen molar-refractivity contribution >= 4 is 33.3 Å². The van der Waals surface area contributed by atoms with Gasteiger partial charge in [-0.2, -0.15) is 0 Å². The Labute approximate surface area is 226 Å². The first kappa shape index (κ1) is 29.1. The van der Waals surface area contributed by atoms with E-state index in [-0.39, 0.29) is 28.4 Å². The number of hydrogen-bond acceptors (Lipinski definition) is 9. The molecule has 206 valence electrons. The summed E-state index contributed by atoms with van der Waals surface area (Å²) in [7, 11) is -2.92. The number of esters is 2. The molecule has 0 fully saturated rings. The van der Waals surface area contributed by atoms with Crippen LogP contribution in [-0.2, 0) is 30.9 Å². The van der Waals surface area contributed by atoms with E-state index >= 15 is 0 Å². The molecule has 0 saturated carbocycles. The molecular formula is C27H28N2O9S. The molecule has 0 aromatic heterocycles. The molecule has 39 heavy (non-hydrogen) atoms. The van der Waals surface area contributed by atoms with Crippen LogP contribution < -0.4 is 9.04 Å². The van der Waals surface area contributed by atoms with Crippen molar-refractivity contribution in [2.24, 2.45) is 0 Å². The highest BCUT2D eigenvalue weighted by atomic mass is 32.2. The van der Waals surface area contributed by atoms with Crippen LogP contribution in [0.2, 0.25) is 0 Å². The summed E-state index contributed by atoms with van der Waals surface area (Å²) in [5, 5.41) is 10.9. The molecule has 0 amide bonds. The summed E-state index contributed by atoms with van der Waals surface area (Å²) in [6.45, 7) is 4.02. The Morgan fingerprint density at radius 3 is 2.13 bits per heavy atom. The van der Waals surface area contributed by atoms with Gasteiger partial charge in [0.2, 0.25) is 0 Å². The van der Waals surface area contributed by atoms with Gasteiger partial charge in [-0.15, -0.1) is 0 Å². The van der Waals surface area contributed by atoms with E-state index in [0.29, 0.717) is 11.3 Å². The maximum absolute atomic E-state index is 13.7. The second kappa shape index (κ2) is 11.9. The number of anilines is 1. The third kappa shape index (κ3) is 7.54. The van der Waals surface area contributed by atoms with Crippen molar-refractivity contribution in [1.29, 1.82) is 0 Å². The number of nitro groups is 1. The van der Waals surface area contributed by atoms with Crippen molar-refractivity contribution in [3.63, 3.8) is 0 Å². The Kier molecular flexibility index (Phi) is 8.92. The van der Waals surface area contributed by atoms with Gasteiger partial charge in [0, 0.05) is 12.1 Å². The Bertz CT molecular complexity index is 1450. The smallest absolute Gasteiger partial charge is 0.340 e. The third-order valence-electron chi connectivity index (χ3n) is 5.25. The number of benzene rings is 3. The van der Waals surface area contributed by atoms with Crippen LogP contribution in [0.1, 0.15) is 36.7 Å². The highest BCUT2D eigenvalue weighted by Gasteiger charge is 2.32. The summed E-state index contributed by atoms with van der Waals surface area (Å²) >= 11 is 0. The highest BCUT2D eigenvalue weighted by molar-refractivity contribution is 7.92. The molecule has 0 spiro atoms. The molecule has 3 aromatic carbocycles. The van der Waals surface area contributed by atoms with E-state index in [4.69, 9.17) is 14.2 Å². The molecule has 0 aliphatic rings. The van der Waals surface area contributed by atoms with Crippen molar-refractivity contribution in [3.05, 3.63) is 94.0 Å². The predicted octanol–water partition coefficient (Wildman–Crippen LogP) is 4.50. The van der Waals surface area contributed by atoms with Crippen LogP contribution in [-0.4, -0.2) is 44.5 Å². The fraction of sp³-hybridized carbons (Fsp3) is 0.259. The van der Waals surface area contributed by atoms with Crippen molar-refractivity contribution in [2.45, 2.75) is 37.9 Å². The maximum atomic E-state index is 13.7. The number of nitrogens with zero attached hydrogens (tertiary/aromatic N) is 2. The van der Waals surface area contributed by atoms with Gasteiger partial charge in [0.05, 0.1) is 28.2 Å². The van der Waals surface area contributed by atoms with Gasteiger partial charge in [0.25, 0.3) is 15.7 Å². The van der Waals surface area contributed by atoms with Gasteiger partial charge in [-0.05, 0) is 74.9 Å². The molecule has 12 heteroatoms. The summed E-state index contributed by atoms with van der Waals surface area (Å²) in [6.07, 6.45) is 0. The number of non-ortho nitro benzene ring substituents is 1. The summed E-state index contributed by atoms with van der Waals surface area (Å²) in [6, 6.07) is 16.8. The zero-order chi connectivity index (χ0) is 28.8. The summed E-state index contributed by atoms with van der Waals surface area (Å²) in [5.74, 6) is -1.25. The SMILES string of the molecule is COc1ccc(S(=O)(=O)N(CC(=O)OC(C)(C)C)c2ccccc2C(=O)OCc2ccc([N+](=O)[O-])cc2)cc1. The van der Waals surface area contributed by atoms with E-state index in [1.807, 2.05) is 0 Å². The molecule has 3 aromatic rings. The number of hydrogen-bond donors (Lipinski definition) is 0. The van der Waals surface area contributed by atoms with E-state index in [1.165, 1.54) is 79.9 Å². The second-order valence-electron chi connectivity index (χ2n) is 9.29. The van der Waals surface area contributed by atoms with Gasteiger partial charge in [0.1, 0.15) is 24.5 Å². The first-order chi connectivity index (χ1) is 18.3. The zero-order valence-electron chi connectivity index (χ0n) is 21.8. The Balaban J connectivity index is 1.97. The topological polar surface area (TPSA) is 142 Å². The molecule has 0 radical (unpaired) electrons. The normalized spacial score (nSPS) is 11.4. The van der Waals surface area contributed by atoms with Crippen LogP contribution in [0.15, 0.2) is 77.7 Å². The molecule has 11 nitrogen and oxygen atoms in total. The molecule has 0 saturated heterocycles. The average Bonchev–Trinajstić information content (AvgIpc) is 2.89. The minimum absolute atomic E-state index is 0.0899. The Morgan fingerprint density at radius 1 is 0.949 bits per heavy atom. The quantitative estimate of drug-likeness (QED) is 0.200. The van der Waals surface area contributed by atoms with Crippen LogP contribution in [0.4, 0.5) is 11.4 Å². The average molecular weight is 557 g/mol. The second-order valence-corrected chi connectivity index (χ2v) is 11.2. The summed E-state index contributed by atoms with van der Waals surface area (Å²) in [5.41, 5.74) is -0.705. The molecule has 0 N–H and O–H groups in total. The van der Waals surface area contributed by atoms with Crippen LogP contribution in [0.5, 0.6) is 5.75 Å². The van der Waals surface area contributed by atoms with E-state index in [1.54, 1.807) is 20.8 Å². The van der Waals surface area contributed by atoms with Crippen molar-refractivity contribution < 1.29 is 37.1 Å². The number of nitro benzene ring substituents is 1. The van der Waals surface area contributed by atoms with Crippen LogP contribution in [0.25, 0.3) is 0 Å². The fourth-order valence-corrected chi connectivity index (χ4v) is 4.90. The lowest BCUT2D eigenvalue weighted by Gasteiger charge is -2.27. The Hall–Kier alpha value is -4.45. The summed E-state index contributed by atoms with van der Waals surface area (Å²) in [4.78, 5) is 36.0. The molecular weight excluding hydrogens is 528 g/mol. The van der Waals surface area contributed by atoms with E-state index in [9.17, 15) is 28.1 Å². The predicted molar refractivity (Wildman–Crippen MR) is 142 cm³/mol. The maximum Gasteiger partial charge on any atom is 0.340 e. The fourth-order valence-electron chi connectivity index (χ4n) is 3.47. The standard InChI is InChI=1S/C27H28N2O9S/c1-27(2,3)38-25(30)17-28(39(34,35)22-15-13-21(36-4)14-16-22)24-8-6-5-7-23(24)26(31)37-18-19-9-11-20(12-10-19)29(32)33/h5-16H,17-18H2,1-4H3. The Morgan fingerprint density at radius 2 is 1.56 bits per heavy atom. The molecule has 0 unspecified atom stereocenters. The molecule has 0 bridgehead atoms. The van der Waals surface area contributed by atoms with Crippen LogP contribution in [0, 0.1) is 10.1 Å². The monoisotopic (exact) mass is 556 g/mol. The molecule has 3 rings (SSSR count). The van der Waals surface area contributed by atoms with Crippen molar-refractivity contribution in [1.82, 2.24) is 0 Å². The van der Waals surface area contributed by atoms with Gasteiger partial charge < -0.3 is 14.2 Å². The molecule has 0 heterocycles. The summed E-state index contributed by atoms with van der Waals surface area (Å²) < 4.78 is 44.1. The first-order valence-corrected chi connectivity index (χ1v) is 13.1. The van der Waals surface area contributed by atoms with Crippen molar-refractivity contribution in [3.8, 4) is 5.75 Å². The first-order valence-electron chi connectivity index (χ1n) is 11.7. The van der Waals surface area contributed by atoms with Gasteiger partial charge in [0.15, 0.2) is 0 Å². The van der Waals surface area contributed by atoms with Gasteiger partial charge in [-0.3, -0.25) is 19.2 Å². The largest absolute Gasteiger partial charge is 0.497 e. The number of carbonyl (C=O) groups is 2. The number of sulfonamides is 1. The van der Waals surface area contributed by atoms with Crippen molar-refractivity contribution in [2.75, 3.05) is 18.0 Å². The lowest BCUT2D eigenvalue weighted by atomic mass is 10.1. The third-order valence-corrected chi connectivity index (χ3v) is 7.02. The lowest BCUT2D eigenvalue weighted by molar-refractivity contribution is -0.384. The number of rotatable bonds is 10. The highest BCUT2D eigenvalue weighted by Crippen LogP contribution is 2.29. The number of carbonyl (C=O) groups excluding carboxylic acids is 2. The minimum atomic E-state index is -4.36. The van der Waals surface area contributed by atoms with E-state index < -0.39 is 39.0 Å². The number of ether oxygens (including phenoxy) is 3. The number of para-hydroxylation sites is 1. The molecule has 0 aliphatic heterocycles.